The van der Waals surface area contributed by atoms with Crippen molar-refractivity contribution in [3.05, 3.63) is 35.9 Å². The number of rotatable bonds is 7. The Morgan fingerprint density at radius 3 is 2.46 bits per heavy atom. The van der Waals surface area contributed by atoms with Gasteiger partial charge in [-0.2, -0.15) is 0 Å². The lowest BCUT2D eigenvalue weighted by molar-refractivity contribution is -0.0451. The van der Waals surface area contributed by atoms with Gasteiger partial charge >= 0.3 is 0 Å². The van der Waals surface area contributed by atoms with Crippen molar-refractivity contribution in [2.45, 2.75) is 50.2 Å². The number of hydrogen-bond acceptors (Lipinski definition) is 4. The topological polar surface area (TPSA) is 24.9 Å². The molecule has 1 atom stereocenters. The van der Waals surface area contributed by atoms with Crippen LogP contribution in [0.3, 0.4) is 0 Å². The quantitative estimate of drug-likeness (QED) is 0.748. The van der Waals surface area contributed by atoms with E-state index in [0.717, 1.165) is 65.1 Å². The number of piperidine rings is 1. The van der Waals surface area contributed by atoms with E-state index >= 15 is 0 Å². The van der Waals surface area contributed by atoms with E-state index in [0.29, 0.717) is 6.10 Å². The number of hydrogen-bond donors (Lipinski definition) is 0. The lowest BCUT2D eigenvalue weighted by Crippen LogP contribution is -2.44. The predicted molar refractivity (Wildman–Crippen MR) is 105 cm³/mol. The highest BCUT2D eigenvalue weighted by molar-refractivity contribution is 5.14. The summed E-state index contributed by atoms with van der Waals surface area (Å²) in [7, 11) is 0. The van der Waals surface area contributed by atoms with Crippen molar-refractivity contribution in [1.82, 2.24) is 9.80 Å². The van der Waals surface area contributed by atoms with Crippen molar-refractivity contribution in [3.63, 3.8) is 0 Å². The molecule has 3 saturated heterocycles. The van der Waals surface area contributed by atoms with Gasteiger partial charge in [0.15, 0.2) is 0 Å². The van der Waals surface area contributed by atoms with Crippen molar-refractivity contribution < 1.29 is 9.47 Å². The lowest BCUT2D eigenvalue weighted by Gasteiger charge is -2.38. The monoisotopic (exact) mass is 358 g/mol. The molecule has 4 heteroatoms. The molecule has 4 rings (SSSR count). The van der Waals surface area contributed by atoms with Crippen LogP contribution in [0.15, 0.2) is 30.3 Å². The Hall–Kier alpha value is -0.940. The van der Waals surface area contributed by atoms with Crippen LogP contribution in [0.2, 0.25) is 0 Å². The van der Waals surface area contributed by atoms with Crippen LogP contribution in [0.5, 0.6) is 0 Å². The molecule has 3 heterocycles. The number of ether oxygens (including phenoxy) is 2. The minimum Gasteiger partial charge on any atom is -0.374 e. The average molecular weight is 359 g/mol. The highest BCUT2D eigenvalue weighted by Crippen LogP contribution is 2.37. The molecule has 3 fully saturated rings. The number of nitrogens with zero attached hydrogens (tertiary/aromatic N) is 2. The Morgan fingerprint density at radius 2 is 1.69 bits per heavy atom. The van der Waals surface area contributed by atoms with Crippen molar-refractivity contribution >= 4 is 0 Å². The first-order chi connectivity index (χ1) is 12.8. The predicted octanol–water partition coefficient (Wildman–Crippen LogP) is 2.97. The van der Waals surface area contributed by atoms with E-state index in [4.69, 9.17) is 9.47 Å². The number of benzene rings is 1. The summed E-state index contributed by atoms with van der Waals surface area (Å²) >= 11 is 0. The van der Waals surface area contributed by atoms with Gasteiger partial charge in [0.2, 0.25) is 0 Å². The third-order valence-electron chi connectivity index (χ3n) is 6.46. The third kappa shape index (κ3) is 4.86. The fourth-order valence-electron chi connectivity index (χ4n) is 4.73. The second kappa shape index (κ2) is 8.83. The van der Waals surface area contributed by atoms with Gasteiger partial charge in [-0.25, -0.2) is 0 Å². The standard InChI is InChI=1S/C22H34N2O2/c1-2-6-20(7-3-1)8-13-24-14-9-22(10-15-24)18-21(19-26-22)25-17-16-23-11-4-5-12-23/h1-3,6-7,21H,4-5,8-19H2. The molecule has 1 aromatic carbocycles. The molecule has 0 aliphatic carbocycles. The third-order valence-corrected chi connectivity index (χ3v) is 6.46. The summed E-state index contributed by atoms with van der Waals surface area (Å²) in [5, 5.41) is 0. The van der Waals surface area contributed by atoms with Crippen molar-refractivity contribution in [3.8, 4) is 0 Å². The van der Waals surface area contributed by atoms with Gasteiger partial charge in [-0.15, -0.1) is 0 Å². The summed E-state index contributed by atoms with van der Waals surface area (Å²) in [6.45, 7) is 8.76. The van der Waals surface area contributed by atoms with E-state index in [1.165, 1.54) is 31.5 Å². The summed E-state index contributed by atoms with van der Waals surface area (Å²) in [5.74, 6) is 0. The Morgan fingerprint density at radius 1 is 0.962 bits per heavy atom. The number of likely N-dealkylation sites (tertiary alicyclic amines) is 2. The van der Waals surface area contributed by atoms with Crippen LogP contribution in [-0.2, 0) is 15.9 Å². The zero-order valence-electron chi connectivity index (χ0n) is 16.1. The average Bonchev–Trinajstić information content (AvgIpc) is 3.33. The van der Waals surface area contributed by atoms with E-state index in [1.54, 1.807) is 0 Å². The Balaban J connectivity index is 1.14. The van der Waals surface area contributed by atoms with E-state index in [2.05, 4.69) is 40.1 Å². The smallest absolute Gasteiger partial charge is 0.0836 e. The second-order valence-electron chi connectivity index (χ2n) is 8.32. The molecule has 3 aliphatic rings. The molecule has 4 nitrogen and oxygen atoms in total. The Labute approximate surface area is 158 Å². The maximum Gasteiger partial charge on any atom is 0.0836 e. The first-order valence-corrected chi connectivity index (χ1v) is 10.6. The summed E-state index contributed by atoms with van der Waals surface area (Å²) in [6, 6.07) is 10.8. The van der Waals surface area contributed by atoms with Crippen molar-refractivity contribution in [2.75, 3.05) is 52.5 Å². The molecule has 0 N–H and O–H groups in total. The van der Waals surface area contributed by atoms with Crippen LogP contribution in [0.25, 0.3) is 0 Å². The summed E-state index contributed by atoms with van der Waals surface area (Å²) in [4.78, 5) is 5.12. The van der Waals surface area contributed by atoms with Crippen LogP contribution in [0.1, 0.15) is 37.7 Å². The minimum absolute atomic E-state index is 0.0988. The maximum atomic E-state index is 6.26. The molecule has 1 unspecified atom stereocenters. The highest BCUT2D eigenvalue weighted by atomic mass is 16.6. The van der Waals surface area contributed by atoms with Gasteiger partial charge in [0.05, 0.1) is 24.9 Å². The molecule has 0 saturated carbocycles. The van der Waals surface area contributed by atoms with Crippen LogP contribution in [0, 0.1) is 0 Å². The first-order valence-electron chi connectivity index (χ1n) is 10.6. The van der Waals surface area contributed by atoms with Gasteiger partial charge in [0, 0.05) is 32.6 Å². The molecule has 26 heavy (non-hydrogen) atoms. The van der Waals surface area contributed by atoms with Crippen molar-refractivity contribution in [2.24, 2.45) is 0 Å². The molecular weight excluding hydrogens is 324 g/mol. The normalized spacial score (nSPS) is 26.7. The second-order valence-corrected chi connectivity index (χ2v) is 8.32. The SMILES string of the molecule is c1ccc(CCN2CCC3(CC2)CC(OCCN2CCCC2)CO3)cc1. The van der Waals surface area contributed by atoms with E-state index in [-0.39, 0.29) is 5.60 Å². The summed E-state index contributed by atoms with van der Waals surface area (Å²) < 4.78 is 12.4. The van der Waals surface area contributed by atoms with Crippen LogP contribution in [-0.4, -0.2) is 74.0 Å². The van der Waals surface area contributed by atoms with Gasteiger partial charge in [-0.1, -0.05) is 30.3 Å². The summed E-state index contributed by atoms with van der Waals surface area (Å²) in [5.41, 5.74) is 1.54. The van der Waals surface area contributed by atoms with E-state index < -0.39 is 0 Å². The molecule has 144 valence electrons. The molecule has 0 aromatic heterocycles. The molecule has 0 amide bonds. The Bertz CT molecular complexity index is 536. The molecule has 0 radical (unpaired) electrons. The highest BCUT2D eigenvalue weighted by Gasteiger charge is 2.43. The van der Waals surface area contributed by atoms with Gasteiger partial charge < -0.3 is 19.3 Å². The fraction of sp³-hybridized carbons (Fsp3) is 0.727. The summed E-state index contributed by atoms with van der Waals surface area (Å²) in [6.07, 6.45) is 7.60. The molecular formula is C22H34N2O2. The van der Waals surface area contributed by atoms with Gasteiger partial charge in [0.1, 0.15) is 0 Å². The van der Waals surface area contributed by atoms with Crippen LogP contribution >= 0.6 is 0 Å². The fourth-order valence-corrected chi connectivity index (χ4v) is 4.73. The largest absolute Gasteiger partial charge is 0.374 e. The van der Waals surface area contributed by atoms with Gasteiger partial charge in [0.25, 0.3) is 0 Å². The Kier molecular flexibility index (Phi) is 6.26. The van der Waals surface area contributed by atoms with Crippen molar-refractivity contribution in [1.29, 1.82) is 0 Å². The molecule has 1 aromatic rings. The van der Waals surface area contributed by atoms with Gasteiger partial charge in [-0.05, 0) is 50.8 Å². The minimum atomic E-state index is 0.0988. The van der Waals surface area contributed by atoms with E-state index in [1.807, 2.05) is 0 Å². The zero-order valence-corrected chi connectivity index (χ0v) is 16.1. The lowest BCUT2D eigenvalue weighted by atomic mass is 9.88. The van der Waals surface area contributed by atoms with Crippen LogP contribution in [0.4, 0.5) is 0 Å². The first kappa shape index (κ1) is 18.4. The van der Waals surface area contributed by atoms with Crippen LogP contribution < -0.4 is 0 Å². The zero-order chi connectivity index (χ0) is 17.7. The molecule has 0 bridgehead atoms. The molecule has 1 spiro atoms. The maximum absolute atomic E-state index is 6.26. The molecule has 3 aliphatic heterocycles. The van der Waals surface area contributed by atoms with Gasteiger partial charge in [-0.3, -0.25) is 0 Å². The van der Waals surface area contributed by atoms with E-state index in [9.17, 15) is 0 Å².